The Balaban J connectivity index is 1.61. The van der Waals surface area contributed by atoms with Crippen LogP contribution in [0.25, 0.3) is 0 Å². The van der Waals surface area contributed by atoms with E-state index in [-0.39, 0.29) is 18.1 Å². The molecule has 0 saturated carbocycles. The standard InChI is InChI=1S/C16H17BrFN3OS/c17-13-2-1-12(18)7-11(13)8-15(22)21-16-20-9-14(23-16)10-3-5-19-6-4-10/h1-2,7,9-10,19H,3-6,8H2,(H,20,21,22). The molecule has 2 aromatic rings. The second-order valence-corrected chi connectivity index (χ2v) is 7.47. The van der Waals surface area contributed by atoms with Gasteiger partial charge >= 0.3 is 0 Å². The molecule has 0 unspecified atom stereocenters. The third-order valence-electron chi connectivity index (χ3n) is 3.87. The van der Waals surface area contributed by atoms with E-state index in [0.717, 1.165) is 30.4 Å². The zero-order chi connectivity index (χ0) is 16.2. The Morgan fingerprint density at radius 2 is 2.22 bits per heavy atom. The van der Waals surface area contributed by atoms with Crippen LogP contribution in [0.1, 0.15) is 29.2 Å². The number of anilines is 1. The molecule has 1 aromatic heterocycles. The minimum absolute atomic E-state index is 0.112. The van der Waals surface area contributed by atoms with E-state index in [9.17, 15) is 9.18 Å². The van der Waals surface area contributed by atoms with E-state index in [2.05, 4.69) is 31.5 Å². The number of carbonyl (C=O) groups excluding carboxylic acids is 1. The number of rotatable bonds is 4. The van der Waals surface area contributed by atoms with Crippen molar-refractivity contribution in [1.29, 1.82) is 0 Å². The lowest BCUT2D eigenvalue weighted by Crippen LogP contribution is -2.26. The normalized spacial score (nSPS) is 15.6. The number of nitrogens with zero attached hydrogens (tertiary/aromatic N) is 1. The molecule has 0 bridgehead atoms. The molecule has 3 rings (SSSR count). The first-order valence-electron chi connectivity index (χ1n) is 7.52. The molecule has 1 aromatic carbocycles. The second-order valence-electron chi connectivity index (χ2n) is 5.55. The van der Waals surface area contributed by atoms with Gasteiger partial charge in [-0.05, 0) is 55.6 Å². The van der Waals surface area contributed by atoms with Crippen LogP contribution in [0, 0.1) is 5.82 Å². The minimum atomic E-state index is -0.349. The molecule has 2 N–H and O–H groups in total. The largest absolute Gasteiger partial charge is 0.317 e. The number of hydrogen-bond acceptors (Lipinski definition) is 4. The van der Waals surface area contributed by atoms with Crippen molar-refractivity contribution in [3.8, 4) is 0 Å². The first-order valence-corrected chi connectivity index (χ1v) is 9.13. The number of piperidine rings is 1. The van der Waals surface area contributed by atoms with Gasteiger partial charge in [0.05, 0.1) is 6.42 Å². The maximum absolute atomic E-state index is 13.3. The van der Waals surface area contributed by atoms with E-state index in [1.165, 1.54) is 28.3 Å². The highest BCUT2D eigenvalue weighted by Gasteiger charge is 2.18. The monoisotopic (exact) mass is 397 g/mol. The number of amides is 1. The lowest BCUT2D eigenvalue weighted by atomic mass is 9.97. The van der Waals surface area contributed by atoms with Crippen LogP contribution in [0.15, 0.2) is 28.9 Å². The maximum atomic E-state index is 13.3. The van der Waals surface area contributed by atoms with E-state index < -0.39 is 0 Å². The van der Waals surface area contributed by atoms with E-state index in [1.54, 1.807) is 6.07 Å². The van der Waals surface area contributed by atoms with Crippen molar-refractivity contribution in [3.63, 3.8) is 0 Å². The summed E-state index contributed by atoms with van der Waals surface area (Å²) in [5.41, 5.74) is 0.623. The average molecular weight is 398 g/mol. The molecule has 1 amide bonds. The number of nitrogens with one attached hydrogen (secondary N) is 2. The maximum Gasteiger partial charge on any atom is 0.230 e. The molecule has 1 fully saturated rings. The zero-order valence-corrected chi connectivity index (χ0v) is 14.8. The van der Waals surface area contributed by atoms with Gasteiger partial charge in [0.2, 0.25) is 5.91 Å². The zero-order valence-electron chi connectivity index (χ0n) is 12.4. The summed E-state index contributed by atoms with van der Waals surface area (Å²) in [6.07, 6.45) is 4.17. The van der Waals surface area contributed by atoms with Crippen molar-refractivity contribution in [2.45, 2.75) is 25.2 Å². The fraction of sp³-hybridized carbons (Fsp3) is 0.375. The third kappa shape index (κ3) is 4.37. The van der Waals surface area contributed by atoms with Crippen LogP contribution in [-0.4, -0.2) is 24.0 Å². The van der Waals surface area contributed by atoms with Crippen molar-refractivity contribution in [1.82, 2.24) is 10.3 Å². The Hall–Kier alpha value is -1.31. The van der Waals surface area contributed by atoms with Crippen molar-refractivity contribution in [2.24, 2.45) is 0 Å². The average Bonchev–Trinajstić information content (AvgIpc) is 3.00. The molecule has 1 saturated heterocycles. The van der Waals surface area contributed by atoms with Crippen LogP contribution in [-0.2, 0) is 11.2 Å². The molecule has 0 aliphatic carbocycles. The highest BCUT2D eigenvalue weighted by atomic mass is 79.9. The first-order chi connectivity index (χ1) is 11.1. The molecule has 2 heterocycles. The van der Waals surface area contributed by atoms with Crippen LogP contribution >= 0.6 is 27.3 Å². The number of hydrogen-bond donors (Lipinski definition) is 2. The number of carbonyl (C=O) groups is 1. The predicted molar refractivity (Wildman–Crippen MR) is 93.4 cm³/mol. The Morgan fingerprint density at radius 3 is 3.00 bits per heavy atom. The molecule has 7 heteroatoms. The SMILES string of the molecule is O=C(Cc1cc(F)ccc1Br)Nc1ncc(C2CCNCC2)s1. The second kappa shape index (κ2) is 7.51. The van der Waals surface area contributed by atoms with Crippen LogP contribution in [0.3, 0.4) is 0 Å². The summed E-state index contributed by atoms with van der Waals surface area (Å²) in [5, 5.41) is 6.75. The van der Waals surface area contributed by atoms with Crippen LogP contribution in [0.2, 0.25) is 0 Å². The molecule has 122 valence electrons. The minimum Gasteiger partial charge on any atom is -0.317 e. The van der Waals surface area contributed by atoms with E-state index in [0.29, 0.717) is 16.6 Å². The highest BCUT2D eigenvalue weighted by Crippen LogP contribution is 2.31. The molecule has 1 aliphatic heterocycles. The van der Waals surface area contributed by atoms with Gasteiger partial charge in [0.25, 0.3) is 0 Å². The van der Waals surface area contributed by atoms with Gasteiger partial charge in [-0.2, -0.15) is 0 Å². The van der Waals surface area contributed by atoms with Crippen LogP contribution < -0.4 is 10.6 Å². The van der Waals surface area contributed by atoms with Gasteiger partial charge in [-0.1, -0.05) is 15.9 Å². The Kier molecular flexibility index (Phi) is 5.40. The van der Waals surface area contributed by atoms with Gasteiger partial charge in [-0.3, -0.25) is 4.79 Å². The van der Waals surface area contributed by atoms with Crippen molar-refractivity contribution < 1.29 is 9.18 Å². The van der Waals surface area contributed by atoms with Crippen LogP contribution in [0.5, 0.6) is 0 Å². The first kappa shape index (κ1) is 16.5. The van der Waals surface area contributed by atoms with E-state index in [1.807, 2.05) is 6.20 Å². The summed E-state index contributed by atoms with van der Waals surface area (Å²) in [5.74, 6) is -0.0160. The predicted octanol–water partition coefficient (Wildman–Crippen LogP) is 3.69. The summed E-state index contributed by atoms with van der Waals surface area (Å²) in [6.45, 7) is 2.05. The van der Waals surface area contributed by atoms with Crippen molar-refractivity contribution in [2.75, 3.05) is 18.4 Å². The third-order valence-corrected chi connectivity index (χ3v) is 5.72. The molecule has 0 radical (unpaired) electrons. The number of benzene rings is 1. The molecule has 4 nitrogen and oxygen atoms in total. The molecular weight excluding hydrogens is 381 g/mol. The molecule has 1 aliphatic rings. The van der Waals surface area contributed by atoms with E-state index >= 15 is 0 Å². The number of halogens is 2. The van der Waals surface area contributed by atoms with Gasteiger partial charge in [0.1, 0.15) is 5.82 Å². The van der Waals surface area contributed by atoms with Crippen LogP contribution in [0.4, 0.5) is 9.52 Å². The fourth-order valence-electron chi connectivity index (χ4n) is 2.65. The summed E-state index contributed by atoms with van der Waals surface area (Å²) >= 11 is 4.86. The van der Waals surface area contributed by atoms with Crippen molar-refractivity contribution >= 4 is 38.3 Å². The summed E-state index contributed by atoms with van der Waals surface area (Å²) < 4.78 is 14.0. The quantitative estimate of drug-likeness (QED) is 0.826. The molecular formula is C16H17BrFN3OS. The summed E-state index contributed by atoms with van der Waals surface area (Å²) in [6, 6.07) is 4.33. The lowest BCUT2D eigenvalue weighted by Gasteiger charge is -2.20. The van der Waals surface area contributed by atoms with Gasteiger partial charge in [0.15, 0.2) is 5.13 Å². The Labute approximate surface area is 146 Å². The topological polar surface area (TPSA) is 54.0 Å². The fourth-order valence-corrected chi connectivity index (χ4v) is 4.04. The number of thiazole rings is 1. The Bertz CT molecular complexity index is 700. The lowest BCUT2D eigenvalue weighted by molar-refractivity contribution is -0.115. The van der Waals surface area contributed by atoms with Gasteiger partial charge in [-0.15, -0.1) is 11.3 Å². The Morgan fingerprint density at radius 1 is 1.43 bits per heavy atom. The van der Waals surface area contributed by atoms with Gasteiger partial charge < -0.3 is 10.6 Å². The van der Waals surface area contributed by atoms with Gasteiger partial charge in [0, 0.05) is 15.5 Å². The highest BCUT2D eigenvalue weighted by molar-refractivity contribution is 9.10. The van der Waals surface area contributed by atoms with Crippen molar-refractivity contribution in [3.05, 3.63) is 45.1 Å². The molecule has 0 atom stereocenters. The smallest absolute Gasteiger partial charge is 0.230 e. The molecule has 0 spiro atoms. The summed E-state index contributed by atoms with van der Waals surface area (Å²) in [7, 11) is 0. The van der Waals surface area contributed by atoms with E-state index in [4.69, 9.17) is 0 Å². The molecule has 23 heavy (non-hydrogen) atoms. The van der Waals surface area contributed by atoms with Gasteiger partial charge in [-0.25, -0.2) is 9.37 Å². The summed E-state index contributed by atoms with van der Waals surface area (Å²) in [4.78, 5) is 17.6. The number of aromatic nitrogens is 1.